The Morgan fingerprint density at radius 3 is 2.19 bits per heavy atom. The van der Waals surface area contributed by atoms with Gasteiger partial charge in [0, 0.05) is 5.69 Å². The Morgan fingerprint density at radius 2 is 1.56 bits per heavy atom. The van der Waals surface area contributed by atoms with Crippen LogP contribution in [0.15, 0.2) is 97.7 Å². The first-order chi connectivity index (χ1) is 20.6. The molecular formula is C32H23Br2Cl2N3O3S. The largest absolute Gasteiger partial charge is 0.481 e. The molecule has 0 aromatic heterocycles. The van der Waals surface area contributed by atoms with E-state index in [1.54, 1.807) is 23.1 Å². The van der Waals surface area contributed by atoms with E-state index in [0.29, 0.717) is 40.5 Å². The highest BCUT2D eigenvalue weighted by Crippen LogP contribution is 2.40. The van der Waals surface area contributed by atoms with Gasteiger partial charge in [0.1, 0.15) is 5.75 Å². The molecule has 0 unspecified atom stereocenters. The first kappa shape index (κ1) is 31.3. The molecule has 0 atom stereocenters. The van der Waals surface area contributed by atoms with Gasteiger partial charge < -0.3 is 10.1 Å². The summed E-state index contributed by atoms with van der Waals surface area (Å²) in [4.78, 5) is 33.1. The van der Waals surface area contributed by atoms with Crippen molar-refractivity contribution in [2.75, 3.05) is 16.8 Å². The molecule has 6 nitrogen and oxygen atoms in total. The maximum Gasteiger partial charge on any atom is 0.271 e. The molecule has 4 aromatic rings. The summed E-state index contributed by atoms with van der Waals surface area (Å²) in [7, 11) is 0. The predicted molar refractivity (Wildman–Crippen MR) is 185 cm³/mol. The van der Waals surface area contributed by atoms with E-state index in [4.69, 9.17) is 32.9 Å². The summed E-state index contributed by atoms with van der Waals surface area (Å²) in [5.41, 5.74) is 4.98. The Hall–Kier alpha value is -3.08. The first-order valence-electron chi connectivity index (χ1n) is 12.9. The van der Waals surface area contributed by atoms with Crippen LogP contribution >= 0.6 is 66.8 Å². The molecular weight excluding hydrogens is 737 g/mol. The second-order valence-corrected chi connectivity index (χ2v) is 13.1. The molecule has 2 amide bonds. The number of benzene rings is 4. The SMILES string of the molecule is Cc1ccc(N=C2S/C(=C/c3cc(Br)c(OCC(=O)Nc4ccc(Cl)c(Cl)c4)c(Br)c3)C(=O)N2c2ccc(C)cc2)cc1. The third-order valence-electron chi connectivity index (χ3n) is 6.23. The number of carbonyl (C=O) groups excluding carboxylic acids is 2. The normalized spacial score (nSPS) is 14.9. The monoisotopic (exact) mass is 757 g/mol. The Kier molecular flexibility index (Phi) is 9.99. The van der Waals surface area contributed by atoms with Gasteiger partial charge in [-0.2, -0.15) is 0 Å². The van der Waals surface area contributed by atoms with E-state index in [2.05, 4.69) is 37.2 Å². The molecule has 11 heteroatoms. The smallest absolute Gasteiger partial charge is 0.271 e. The number of rotatable bonds is 7. The van der Waals surface area contributed by atoms with Crippen LogP contribution in [-0.2, 0) is 9.59 Å². The summed E-state index contributed by atoms with van der Waals surface area (Å²) in [6.45, 7) is 3.78. The fraction of sp³-hybridized carbons (Fsp3) is 0.0938. The molecule has 1 heterocycles. The van der Waals surface area contributed by atoms with Crippen LogP contribution in [0.4, 0.5) is 17.1 Å². The third kappa shape index (κ3) is 7.72. The second-order valence-electron chi connectivity index (χ2n) is 9.60. The van der Waals surface area contributed by atoms with Crippen molar-refractivity contribution in [1.82, 2.24) is 0 Å². The van der Waals surface area contributed by atoms with Gasteiger partial charge in [-0.05, 0) is 124 Å². The van der Waals surface area contributed by atoms with Gasteiger partial charge in [-0.1, -0.05) is 58.6 Å². The molecule has 0 aliphatic carbocycles. The summed E-state index contributed by atoms with van der Waals surface area (Å²) in [6, 6.07) is 24.1. The van der Waals surface area contributed by atoms with E-state index in [1.165, 1.54) is 11.8 Å². The van der Waals surface area contributed by atoms with Crippen molar-refractivity contribution in [2.45, 2.75) is 13.8 Å². The molecule has 0 saturated carbocycles. The van der Waals surface area contributed by atoms with E-state index >= 15 is 0 Å². The van der Waals surface area contributed by atoms with Crippen molar-refractivity contribution < 1.29 is 14.3 Å². The topological polar surface area (TPSA) is 71.0 Å². The molecule has 5 rings (SSSR count). The van der Waals surface area contributed by atoms with Crippen LogP contribution in [0.2, 0.25) is 10.0 Å². The quantitative estimate of drug-likeness (QED) is 0.191. The minimum atomic E-state index is -0.368. The lowest BCUT2D eigenvalue weighted by Gasteiger charge is -2.16. The van der Waals surface area contributed by atoms with E-state index in [9.17, 15) is 9.59 Å². The Balaban J connectivity index is 1.36. The molecule has 43 heavy (non-hydrogen) atoms. The van der Waals surface area contributed by atoms with Crippen LogP contribution in [0, 0.1) is 13.8 Å². The number of hydrogen-bond acceptors (Lipinski definition) is 5. The molecule has 0 radical (unpaired) electrons. The molecule has 1 aliphatic rings. The number of amides is 2. The Bertz CT molecular complexity index is 1760. The number of anilines is 2. The lowest BCUT2D eigenvalue weighted by Crippen LogP contribution is -2.28. The second kappa shape index (κ2) is 13.7. The number of nitrogens with one attached hydrogen (secondary N) is 1. The van der Waals surface area contributed by atoms with Gasteiger partial charge >= 0.3 is 0 Å². The van der Waals surface area contributed by atoms with Crippen molar-refractivity contribution in [2.24, 2.45) is 4.99 Å². The lowest BCUT2D eigenvalue weighted by atomic mass is 10.2. The highest BCUT2D eigenvalue weighted by Gasteiger charge is 2.35. The third-order valence-corrected chi connectivity index (χ3v) is 9.11. The Morgan fingerprint density at radius 1 is 0.930 bits per heavy atom. The predicted octanol–water partition coefficient (Wildman–Crippen LogP) is 9.96. The number of thioether (sulfide) groups is 1. The van der Waals surface area contributed by atoms with Gasteiger partial charge in [0.2, 0.25) is 0 Å². The van der Waals surface area contributed by atoms with Crippen molar-refractivity contribution in [3.8, 4) is 5.75 Å². The zero-order valence-electron chi connectivity index (χ0n) is 22.8. The van der Waals surface area contributed by atoms with Gasteiger partial charge in [0.15, 0.2) is 11.8 Å². The van der Waals surface area contributed by atoms with Gasteiger partial charge in [0.05, 0.1) is 35.3 Å². The van der Waals surface area contributed by atoms with Crippen LogP contribution in [0.25, 0.3) is 6.08 Å². The van der Waals surface area contributed by atoms with E-state index in [0.717, 1.165) is 28.1 Å². The highest BCUT2D eigenvalue weighted by atomic mass is 79.9. The summed E-state index contributed by atoms with van der Waals surface area (Å²) >= 11 is 20.4. The highest BCUT2D eigenvalue weighted by molar-refractivity contribution is 9.11. The average molecular weight is 760 g/mol. The molecule has 1 N–H and O–H groups in total. The summed E-state index contributed by atoms with van der Waals surface area (Å²) < 4.78 is 7.01. The van der Waals surface area contributed by atoms with Crippen molar-refractivity contribution in [3.63, 3.8) is 0 Å². The van der Waals surface area contributed by atoms with Crippen molar-refractivity contribution in [1.29, 1.82) is 0 Å². The first-order valence-corrected chi connectivity index (χ1v) is 16.1. The minimum Gasteiger partial charge on any atom is -0.481 e. The number of aryl methyl sites for hydroxylation is 2. The molecule has 4 aromatic carbocycles. The molecule has 0 spiro atoms. The van der Waals surface area contributed by atoms with Crippen LogP contribution in [0.3, 0.4) is 0 Å². The summed E-state index contributed by atoms with van der Waals surface area (Å²) in [5.74, 6) is -0.0982. The minimum absolute atomic E-state index is 0.175. The molecule has 1 saturated heterocycles. The number of aliphatic imine (C=N–C) groups is 1. The average Bonchev–Trinajstić information content (AvgIpc) is 3.26. The van der Waals surface area contributed by atoms with Gasteiger partial charge in [-0.3, -0.25) is 14.5 Å². The Labute approximate surface area is 280 Å². The lowest BCUT2D eigenvalue weighted by molar-refractivity contribution is -0.118. The maximum absolute atomic E-state index is 13.7. The molecule has 218 valence electrons. The van der Waals surface area contributed by atoms with Gasteiger partial charge in [-0.25, -0.2) is 4.99 Å². The van der Waals surface area contributed by atoms with Crippen molar-refractivity contribution in [3.05, 3.63) is 119 Å². The van der Waals surface area contributed by atoms with E-state index in [1.807, 2.05) is 80.6 Å². The van der Waals surface area contributed by atoms with Gasteiger partial charge in [0.25, 0.3) is 11.8 Å². The summed E-state index contributed by atoms with van der Waals surface area (Å²) in [6.07, 6.45) is 1.81. The number of hydrogen-bond donors (Lipinski definition) is 1. The fourth-order valence-corrected chi connectivity index (χ4v) is 6.81. The number of halogens is 4. The zero-order chi connectivity index (χ0) is 30.7. The van der Waals surface area contributed by atoms with E-state index < -0.39 is 0 Å². The van der Waals surface area contributed by atoms with Crippen LogP contribution in [0.5, 0.6) is 5.75 Å². The fourth-order valence-electron chi connectivity index (χ4n) is 4.06. The molecule has 1 fully saturated rings. The number of amidine groups is 1. The number of carbonyl (C=O) groups is 2. The number of nitrogens with zero attached hydrogens (tertiary/aromatic N) is 2. The van der Waals surface area contributed by atoms with Crippen LogP contribution < -0.4 is 15.0 Å². The summed E-state index contributed by atoms with van der Waals surface area (Å²) in [5, 5.41) is 4.03. The number of ether oxygens (including phenoxy) is 1. The van der Waals surface area contributed by atoms with Crippen molar-refractivity contribution >= 4 is 107 Å². The standard InChI is InChI=1S/C32H23Br2Cl2N3O3S/c1-18-3-7-21(8-4-18)38-32-39(23-10-5-19(2)6-11-23)31(41)28(43-32)15-20-13-24(33)30(25(34)14-20)42-17-29(40)37-22-9-12-26(35)27(36)16-22/h3-16H,17H2,1-2H3,(H,37,40)/b28-15+,38-32?. The van der Waals surface area contributed by atoms with Gasteiger partial charge in [-0.15, -0.1) is 0 Å². The van der Waals surface area contributed by atoms with Crippen LogP contribution in [-0.4, -0.2) is 23.6 Å². The maximum atomic E-state index is 13.7. The molecule has 0 bridgehead atoms. The zero-order valence-corrected chi connectivity index (χ0v) is 28.3. The van der Waals surface area contributed by atoms with E-state index in [-0.39, 0.29) is 18.4 Å². The van der Waals surface area contributed by atoms with Crippen LogP contribution in [0.1, 0.15) is 16.7 Å². The molecule has 1 aliphatic heterocycles.